The first-order valence-corrected chi connectivity index (χ1v) is 6.56. The minimum Gasteiger partial charge on any atom is -0.480 e. The molecule has 2 rings (SSSR count). The number of benzene rings is 1. The summed E-state index contributed by atoms with van der Waals surface area (Å²) in [5.74, 6) is 0.727. The Labute approximate surface area is 118 Å². The number of likely N-dealkylation sites (N-methyl/N-ethyl adjacent to an activating group) is 1. The number of carbonyl (C=O) groups is 1. The van der Waals surface area contributed by atoms with Crippen molar-refractivity contribution in [3.05, 3.63) is 47.7 Å². The highest BCUT2D eigenvalue weighted by atomic mass is 16.4. The minimum absolute atomic E-state index is 0.472. The Balaban J connectivity index is 2.09. The highest BCUT2D eigenvalue weighted by Gasteiger charge is 2.18. The van der Waals surface area contributed by atoms with Crippen molar-refractivity contribution in [1.29, 1.82) is 0 Å². The smallest absolute Gasteiger partial charge is 0.320 e. The zero-order valence-corrected chi connectivity index (χ0v) is 12.0. The van der Waals surface area contributed by atoms with Crippen molar-refractivity contribution in [3.8, 4) is 11.3 Å². The van der Waals surface area contributed by atoms with Gasteiger partial charge >= 0.3 is 5.97 Å². The standard InChI is InChI=1S/C16H19NO3/c1-11-4-6-13(7-5-11)15-9-8-14(20-15)10-17(3)12(2)16(18)19/h4-9,12H,10H2,1-3H3,(H,18,19). The van der Waals surface area contributed by atoms with E-state index >= 15 is 0 Å². The molecule has 0 spiro atoms. The van der Waals surface area contributed by atoms with E-state index in [1.54, 1.807) is 18.9 Å². The molecule has 1 unspecified atom stereocenters. The van der Waals surface area contributed by atoms with E-state index in [9.17, 15) is 4.79 Å². The molecule has 0 aliphatic rings. The molecule has 20 heavy (non-hydrogen) atoms. The number of aliphatic carboxylic acids is 1. The van der Waals surface area contributed by atoms with Crippen LogP contribution in [-0.4, -0.2) is 29.1 Å². The van der Waals surface area contributed by atoms with Gasteiger partial charge < -0.3 is 9.52 Å². The summed E-state index contributed by atoms with van der Waals surface area (Å²) in [6.45, 7) is 4.17. The van der Waals surface area contributed by atoms with Gasteiger partial charge in [0.25, 0.3) is 0 Å². The number of furan rings is 1. The van der Waals surface area contributed by atoms with Crippen molar-refractivity contribution < 1.29 is 14.3 Å². The van der Waals surface area contributed by atoms with Gasteiger partial charge in [-0.2, -0.15) is 0 Å². The third kappa shape index (κ3) is 3.27. The van der Waals surface area contributed by atoms with Gasteiger partial charge in [-0.25, -0.2) is 0 Å². The van der Waals surface area contributed by atoms with Crippen molar-refractivity contribution in [2.24, 2.45) is 0 Å². The highest BCUT2D eigenvalue weighted by molar-refractivity contribution is 5.72. The molecule has 2 aromatic rings. The van der Waals surface area contributed by atoms with E-state index in [1.807, 2.05) is 43.3 Å². The monoisotopic (exact) mass is 273 g/mol. The van der Waals surface area contributed by atoms with Gasteiger partial charge in [-0.3, -0.25) is 9.69 Å². The molecule has 0 fully saturated rings. The molecule has 1 N–H and O–H groups in total. The predicted molar refractivity (Wildman–Crippen MR) is 77.4 cm³/mol. The number of aryl methyl sites for hydroxylation is 1. The first kappa shape index (κ1) is 14.3. The van der Waals surface area contributed by atoms with Gasteiger partial charge in [0.15, 0.2) is 0 Å². The normalized spacial score (nSPS) is 12.6. The number of carboxylic acids is 1. The van der Waals surface area contributed by atoms with E-state index in [0.717, 1.165) is 17.1 Å². The molecule has 4 heteroatoms. The van der Waals surface area contributed by atoms with Crippen molar-refractivity contribution in [2.75, 3.05) is 7.05 Å². The van der Waals surface area contributed by atoms with Gasteiger partial charge in [-0.15, -0.1) is 0 Å². The molecular formula is C16H19NO3. The summed E-state index contributed by atoms with van der Waals surface area (Å²) in [5, 5.41) is 8.97. The second kappa shape index (κ2) is 5.92. The highest BCUT2D eigenvalue weighted by Crippen LogP contribution is 2.23. The molecule has 0 amide bonds. The topological polar surface area (TPSA) is 53.7 Å². The van der Waals surface area contributed by atoms with E-state index in [0.29, 0.717) is 6.54 Å². The van der Waals surface area contributed by atoms with Gasteiger partial charge in [0.05, 0.1) is 6.54 Å². The molecule has 1 heterocycles. The second-order valence-corrected chi connectivity index (χ2v) is 5.06. The van der Waals surface area contributed by atoms with Crippen LogP contribution < -0.4 is 0 Å². The van der Waals surface area contributed by atoms with E-state index in [4.69, 9.17) is 9.52 Å². The summed E-state index contributed by atoms with van der Waals surface area (Å²) in [6, 6.07) is 11.4. The molecule has 1 atom stereocenters. The fourth-order valence-electron chi connectivity index (χ4n) is 1.91. The van der Waals surface area contributed by atoms with Gasteiger partial charge in [0.2, 0.25) is 0 Å². The molecule has 0 aliphatic carbocycles. The van der Waals surface area contributed by atoms with Gasteiger partial charge in [-0.1, -0.05) is 29.8 Å². The molecule has 0 bridgehead atoms. The van der Waals surface area contributed by atoms with Crippen molar-refractivity contribution in [2.45, 2.75) is 26.4 Å². The van der Waals surface area contributed by atoms with Crippen LogP contribution in [0.4, 0.5) is 0 Å². The van der Waals surface area contributed by atoms with Crippen LogP contribution in [0, 0.1) is 6.92 Å². The van der Waals surface area contributed by atoms with E-state index in [1.165, 1.54) is 5.56 Å². The number of hydrogen-bond donors (Lipinski definition) is 1. The van der Waals surface area contributed by atoms with Crippen LogP contribution in [0.25, 0.3) is 11.3 Å². The lowest BCUT2D eigenvalue weighted by Crippen LogP contribution is -2.35. The molecule has 1 aromatic heterocycles. The Hall–Kier alpha value is -2.07. The minimum atomic E-state index is -0.835. The zero-order chi connectivity index (χ0) is 14.7. The summed E-state index contributed by atoms with van der Waals surface area (Å²) in [7, 11) is 1.77. The van der Waals surface area contributed by atoms with Crippen LogP contribution >= 0.6 is 0 Å². The average molecular weight is 273 g/mol. The van der Waals surface area contributed by atoms with Crippen LogP contribution in [0.3, 0.4) is 0 Å². The number of hydrogen-bond acceptors (Lipinski definition) is 3. The van der Waals surface area contributed by atoms with Crippen molar-refractivity contribution in [1.82, 2.24) is 4.90 Å². The number of nitrogens with zero attached hydrogens (tertiary/aromatic N) is 1. The zero-order valence-electron chi connectivity index (χ0n) is 12.0. The third-order valence-corrected chi connectivity index (χ3v) is 3.42. The van der Waals surface area contributed by atoms with Gasteiger partial charge in [-0.05, 0) is 33.0 Å². The summed E-state index contributed by atoms with van der Waals surface area (Å²) >= 11 is 0. The van der Waals surface area contributed by atoms with E-state index < -0.39 is 12.0 Å². The SMILES string of the molecule is Cc1ccc(-c2ccc(CN(C)C(C)C(=O)O)o2)cc1. The average Bonchev–Trinajstić information content (AvgIpc) is 2.87. The molecule has 106 valence electrons. The van der Waals surface area contributed by atoms with Gasteiger partial charge in [0.1, 0.15) is 17.6 Å². The van der Waals surface area contributed by atoms with Crippen molar-refractivity contribution >= 4 is 5.97 Å². The second-order valence-electron chi connectivity index (χ2n) is 5.06. The summed E-state index contributed by atoms with van der Waals surface area (Å²) in [6.07, 6.45) is 0. The lowest BCUT2D eigenvalue weighted by molar-refractivity contribution is -0.142. The van der Waals surface area contributed by atoms with Crippen molar-refractivity contribution in [3.63, 3.8) is 0 Å². The van der Waals surface area contributed by atoms with E-state index in [2.05, 4.69) is 0 Å². The van der Waals surface area contributed by atoms with E-state index in [-0.39, 0.29) is 0 Å². The Morgan fingerprint density at radius 1 is 1.25 bits per heavy atom. The van der Waals surface area contributed by atoms with Gasteiger partial charge in [0, 0.05) is 5.56 Å². The lowest BCUT2D eigenvalue weighted by atomic mass is 10.1. The molecule has 1 aromatic carbocycles. The Bertz CT molecular complexity index is 586. The maximum atomic E-state index is 10.9. The molecule has 0 saturated carbocycles. The predicted octanol–water partition coefficient (Wildman–Crippen LogP) is 3.16. The maximum absolute atomic E-state index is 10.9. The molecule has 0 radical (unpaired) electrons. The van der Waals surface area contributed by atoms with Crippen LogP contribution in [0.5, 0.6) is 0 Å². The largest absolute Gasteiger partial charge is 0.480 e. The fourth-order valence-corrected chi connectivity index (χ4v) is 1.91. The number of carboxylic acid groups (broad SMARTS) is 1. The Kier molecular flexibility index (Phi) is 4.25. The lowest BCUT2D eigenvalue weighted by Gasteiger charge is -2.19. The molecule has 0 aliphatic heterocycles. The third-order valence-electron chi connectivity index (χ3n) is 3.42. The maximum Gasteiger partial charge on any atom is 0.320 e. The summed E-state index contributed by atoms with van der Waals surface area (Å²) in [4.78, 5) is 12.7. The Morgan fingerprint density at radius 2 is 1.90 bits per heavy atom. The molecule has 0 saturated heterocycles. The fraction of sp³-hybridized carbons (Fsp3) is 0.312. The summed E-state index contributed by atoms with van der Waals surface area (Å²) in [5.41, 5.74) is 2.23. The quantitative estimate of drug-likeness (QED) is 0.909. The first-order chi connectivity index (χ1) is 9.47. The van der Waals surface area contributed by atoms with Crippen LogP contribution in [0.1, 0.15) is 18.2 Å². The molecule has 4 nitrogen and oxygen atoms in total. The Morgan fingerprint density at radius 3 is 2.50 bits per heavy atom. The van der Waals surface area contributed by atoms with Crippen LogP contribution in [0.2, 0.25) is 0 Å². The van der Waals surface area contributed by atoms with Crippen LogP contribution in [0.15, 0.2) is 40.8 Å². The van der Waals surface area contributed by atoms with Crippen LogP contribution in [-0.2, 0) is 11.3 Å². The molecular weight excluding hydrogens is 254 g/mol. The number of rotatable bonds is 5. The summed E-state index contributed by atoms with van der Waals surface area (Å²) < 4.78 is 5.78. The first-order valence-electron chi connectivity index (χ1n) is 6.56.